The Labute approximate surface area is 173 Å². The highest BCUT2D eigenvalue weighted by atomic mass is 32.2. The third kappa shape index (κ3) is 5.23. The molecular formula is C21H23N5O2S. The van der Waals surface area contributed by atoms with Crippen molar-refractivity contribution in [1.29, 1.82) is 0 Å². The van der Waals surface area contributed by atoms with Crippen LogP contribution in [-0.4, -0.2) is 39.4 Å². The molecule has 3 rings (SSSR count). The minimum absolute atomic E-state index is 0.116. The molecule has 0 radical (unpaired) electrons. The highest BCUT2D eigenvalue weighted by molar-refractivity contribution is 7.99. The number of aromatic nitrogens is 3. The van der Waals surface area contributed by atoms with Crippen LogP contribution in [0.25, 0.3) is 5.69 Å². The summed E-state index contributed by atoms with van der Waals surface area (Å²) in [7, 11) is 1.59. The molecule has 0 fully saturated rings. The fourth-order valence-electron chi connectivity index (χ4n) is 2.72. The van der Waals surface area contributed by atoms with Crippen molar-refractivity contribution >= 4 is 23.6 Å². The third-order valence-corrected chi connectivity index (χ3v) is 5.47. The smallest absolute Gasteiger partial charge is 0.251 e. The predicted octanol–water partition coefficient (Wildman–Crippen LogP) is 2.65. The van der Waals surface area contributed by atoms with Gasteiger partial charge in [0.1, 0.15) is 6.33 Å². The van der Waals surface area contributed by atoms with Gasteiger partial charge >= 0.3 is 0 Å². The summed E-state index contributed by atoms with van der Waals surface area (Å²) >= 11 is 1.33. The van der Waals surface area contributed by atoms with Crippen LogP contribution in [-0.2, 0) is 11.3 Å². The Bertz CT molecular complexity index is 1030. The van der Waals surface area contributed by atoms with Gasteiger partial charge in [-0.3, -0.25) is 14.2 Å². The van der Waals surface area contributed by atoms with Gasteiger partial charge in [0.25, 0.3) is 5.91 Å². The van der Waals surface area contributed by atoms with Gasteiger partial charge in [-0.05, 0) is 54.8 Å². The number of benzene rings is 2. The lowest BCUT2D eigenvalue weighted by atomic mass is 10.1. The highest BCUT2D eigenvalue weighted by Gasteiger charge is 2.11. The summed E-state index contributed by atoms with van der Waals surface area (Å²) in [5.41, 5.74) is 4.80. The Balaban J connectivity index is 1.57. The fraction of sp³-hybridized carbons (Fsp3) is 0.238. The lowest BCUT2D eigenvalue weighted by Crippen LogP contribution is -2.25. The Morgan fingerprint density at radius 2 is 1.93 bits per heavy atom. The number of carbonyl (C=O) groups excluding carboxylic acids is 2. The number of hydrogen-bond donors (Lipinski definition) is 2. The summed E-state index contributed by atoms with van der Waals surface area (Å²) in [6, 6.07) is 13.3. The first kappa shape index (κ1) is 20.6. The van der Waals surface area contributed by atoms with E-state index in [2.05, 4.69) is 46.8 Å². The van der Waals surface area contributed by atoms with Crippen LogP contribution in [0.15, 0.2) is 53.9 Å². The van der Waals surface area contributed by atoms with Crippen molar-refractivity contribution in [3.05, 3.63) is 71.0 Å². The maximum Gasteiger partial charge on any atom is 0.251 e. The van der Waals surface area contributed by atoms with Gasteiger partial charge < -0.3 is 10.6 Å². The molecule has 0 bridgehead atoms. The zero-order chi connectivity index (χ0) is 20.8. The SMILES string of the molecule is CNC(=O)c1cccc(CNC(=O)CSc2nncn2-c2ccc(C)c(C)c2)c1. The van der Waals surface area contributed by atoms with Crippen LogP contribution in [0, 0.1) is 13.8 Å². The number of nitrogens with zero attached hydrogens (tertiary/aromatic N) is 3. The number of aryl methyl sites for hydroxylation is 2. The number of hydrogen-bond acceptors (Lipinski definition) is 5. The van der Waals surface area contributed by atoms with E-state index in [9.17, 15) is 9.59 Å². The fourth-order valence-corrected chi connectivity index (χ4v) is 3.48. The van der Waals surface area contributed by atoms with E-state index in [1.165, 1.54) is 22.9 Å². The summed E-state index contributed by atoms with van der Waals surface area (Å²) in [6.07, 6.45) is 1.65. The maximum atomic E-state index is 12.3. The van der Waals surface area contributed by atoms with E-state index in [0.717, 1.165) is 11.3 Å². The second kappa shape index (κ2) is 9.38. The number of thioether (sulfide) groups is 1. The molecule has 29 heavy (non-hydrogen) atoms. The highest BCUT2D eigenvalue weighted by Crippen LogP contribution is 2.21. The number of carbonyl (C=O) groups is 2. The first-order valence-electron chi connectivity index (χ1n) is 9.16. The number of rotatable bonds is 7. The molecule has 1 heterocycles. The minimum Gasteiger partial charge on any atom is -0.355 e. The van der Waals surface area contributed by atoms with Gasteiger partial charge in [-0.1, -0.05) is 30.0 Å². The molecule has 0 spiro atoms. The second-order valence-electron chi connectivity index (χ2n) is 6.60. The van der Waals surface area contributed by atoms with Crippen LogP contribution in [0.5, 0.6) is 0 Å². The summed E-state index contributed by atoms with van der Waals surface area (Å²) in [4.78, 5) is 24.0. The van der Waals surface area contributed by atoms with Crippen molar-refractivity contribution in [2.24, 2.45) is 0 Å². The van der Waals surface area contributed by atoms with Gasteiger partial charge in [0.15, 0.2) is 5.16 Å². The van der Waals surface area contributed by atoms with Gasteiger partial charge in [-0.15, -0.1) is 10.2 Å². The lowest BCUT2D eigenvalue weighted by molar-refractivity contribution is -0.118. The van der Waals surface area contributed by atoms with Crippen molar-refractivity contribution < 1.29 is 9.59 Å². The molecular weight excluding hydrogens is 386 g/mol. The van der Waals surface area contributed by atoms with E-state index in [-0.39, 0.29) is 17.6 Å². The summed E-state index contributed by atoms with van der Waals surface area (Å²) < 4.78 is 1.87. The molecule has 0 aliphatic carbocycles. The third-order valence-electron chi connectivity index (χ3n) is 4.52. The minimum atomic E-state index is -0.153. The Hall–Kier alpha value is -3.13. The predicted molar refractivity (Wildman–Crippen MR) is 113 cm³/mol. The molecule has 0 aliphatic heterocycles. The maximum absolute atomic E-state index is 12.3. The van der Waals surface area contributed by atoms with Crippen molar-refractivity contribution in [3.63, 3.8) is 0 Å². The van der Waals surface area contributed by atoms with E-state index in [1.54, 1.807) is 31.6 Å². The molecule has 7 nitrogen and oxygen atoms in total. The van der Waals surface area contributed by atoms with Gasteiger partial charge in [0.2, 0.25) is 5.91 Å². The molecule has 8 heteroatoms. The van der Waals surface area contributed by atoms with Gasteiger partial charge in [-0.2, -0.15) is 0 Å². The largest absolute Gasteiger partial charge is 0.355 e. The zero-order valence-corrected chi connectivity index (χ0v) is 17.4. The first-order chi connectivity index (χ1) is 14.0. The van der Waals surface area contributed by atoms with Crippen LogP contribution in [0.2, 0.25) is 0 Å². The van der Waals surface area contributed by atoms with E-state index in [4.69, 9.17) is 0 Å². The van der Waals surface area contributed by atoms with E-state index < -0.39 is 0 Å². The molecule has 2 amide bonds. The molecule has 0 atom stereocenters. The lowest BCUT2D eigenvalue weighted by Gasteiger charge is -2.09. The molecule has 1 aromatic heterocycles. The van der Waals surface area contributed by atoms with E-state index >= 15 is 0 Å². The number of amides is 2. The molecule has 3 aromatic rings. The zero-order valence-electron chi connectivity index (χ0n) is 16.6. The Kier molecular flexibility index (Phi) is 6.66. The summed E-state index contributed by atoms with van der Waals surface area (Å²) in [5, 5.41) is 14.2. The van der Waals surface area contributed by atoms with Crippen molar-refractivity contribution in [3.8, 4) is 5.69 Å². The van der Waals surface area contributed by atoms with Crippen molar-refractivity contribution in [2.45, 2.75) is 25.5 Å². The Morgan fingerprint density at radius 3 is 2.69 bits per heavy atom. The van der Waals surface area contributed by atoms with Crippen LogP contribution in [0.1, 0.15) is 27.0 Å². The van der Waals surface area contributed by atoms with Crippen LogP contribution < -0.4 is 10.6 Å². The summed E-state index contributed by atoms with van der Waals surface area (Å²) in [5.74, 6) is -0.0482. The second-order valence-corrected chi connectivity index (χ2v) is 7.54. The van der Waals surface area contributed by atoms with E-state index in [1.807, 2.05) is 16.7 Å². The number of nitrogens with one attached hydrogen (secondary N) is 2. The normalized spacial score (nSPS) is 10.6. The van der Waals surface area contributed by atoms with Crippen LogP contribution in [0.4, 0.5) is 0 Å². The molecule has 2 aromatic carbocycles. The van der Waals surface area contributed by atoms with Crippen molar-refractivity contribution in [1.82, 2.24) is 25.4 Å². The molecule has 150 valence electrons. The topological polar surface area (TPSA) is 88.9 Å². The summed E-state index contributed by atoms with van der Waals surface area (Å²) in [6.45, 7) is 4.48. The first-order valence-corrected chi connectivity index (χ1v) is 10.1. The standard InChI is InChI=1S/C21H23N5O2S/c1-14-7-8-18(9-15(14)2)26-13-24-25-21(26)29-12-19(27)23-11-16-5-4-6-17(10-16)20(28)22-3/h4-10,13H,11-12H2,1-3H3,(H,22,28)(H,23,27). The van der Waals surface area contributed by atoms with Crippen molar-refractivity contribution in [2.75, 3.05) is 12.8 Å². The average molecular weight is 410 g/mol. The molecule has 0 saturated heterocycles. The van der Waals surface area contributed by atoms with Crippen LogP contribution in [0.3, 0.4) is 0 Å². The monoisotopic (exact) mass is 409 g/mol. The van der Waals surface area contributed by atoms with Gasteiger partial charge in [-0.25, -0.2) is 0 Å². The van der Waals surface area contributed by atoms with E-state index in [0.29, 0.717) is 17.3 Å². The van der Waals surface area contributed by atoms with Gasteiger partial charge in [0, 0.05) is 24.8 Å². The Morgan fingerprint density at radius 1 is 1.10 bits per heavy atom. The molecule has 0 unspecified atom stereocenters. The molecule has 2 N–H and O–H groups in total. The quantitative estimate of drug-likeness (QED) is 0.586. The van der Waals surface area contributed by atoms with Gasteiger partial charge in [0.05, 0.1) is 5.75 Å². The van der Waals surface area contributed by atoms with Crippen LogP contribution >= 0.6 is 11.8 Å². The molecule has 0 aliphatic rings. The average Bonchev–Trinajstić information content (AvgIpc) is 3.21. The molecule has 0 saturated carbocycles.